The topological polar surface area (TPSA) is 52.6 Å². The van der Waals surface area contributed by atoms with E-state index in [2.05, 4.69) is 27.5 Å². The molecular weight excluding hydrogens is 370 g/mol. The summed E-state index contributed by atoms with van der Waals surface area (Å²) in [4.78, 5) is 4.88. The van der Waals surface area contributed by atoms with E-state index in [-0.39, 0.29) is 10.9 Å². The number of hydrogen-bond donors (Lipinski definition) is 1. The van der Waals surface area contributed by atoms with Crippen LogP contribution >= 0.6 is 11.6 Å². The molecule has 3 heterocycles. The Morgan fingerprint density at radius 1 is 1.38 bits per heavy atom. The molecule has 4 rings (SSSR count). The van der Waals surface area contributed by atoms with Crippen LogP contribution in [0.4, 0.5) is 0 Å². The van der Waals surface area contributed by atoms with Gasteiger partial charge in [0.05, 0.1) is 11.4 Å². The summed E-state index contributed by atoms with van der Waals surface area (Å²) in [6.45, 7) is 4.21. The van der Waals surface area contributed by atoms with Gasteiger partial charge in [0.2, 0.25) is 10.0 Å². The van der Waals surface area contributed by atoms with E-state index in [4.69, 9.17) is 18.0 Å². The number of fused-ring (bicyclic) bond motifs is 3. The molecule has 3 aliphatic rings. The minimum absolute atomic E-state index is 0.256. The third-order valence-electron chi connectivity index (χ3n) is 5.55. The first-order chi connectivity index (χ1) is 12.4. The van der Waals surface area contributed by atoms with Gasteiger partial charge in [-0.2, -0.15) is 0 Å². The Morgan fingerprint density at radius 3 is 2.73 bits per heavy atom. The van der Waals surface area contributed by atoms with Gasteiger partial charge in [0.25, 0.3) is 0 Å². The van der Waals surface area contributed by atoms with E-state index >= 15 is 0 Å². The Balaban J connectivity index is 1.56. The Labute approximate surface area is 161 Å². The van der Waals surface area contributed by atoms with Crippen LogP contribution in [0.3, 0.4) is 0 Å². The second-order valence-corrected chi connectivity index (χ2v) is 9.60. The van der Waals surface area contributed by atoms with Gasteiger partial charge in [0.15, 0.2) is 0 Å². The molecule has 1 aromatic rings. The van der Waals surface area contributed by atoms with Crippen molar-refractivity contribution in [3.63, 3.8) is 0 Å². The Morgan fingerprint density at radius 2 is 2.12 bits per heavy atom. The number of rotatable bonds is 7. The molecule has 0 amide bonds. The highest BCUT2D eigenvalue weighted by atomic mass is 35.5. The molecule has 4 atom stereocenters. The first-order valence-corrected chi connectivity index (χ1v) is 10.9. The fourth-order valence-electron chi connectivity index (χ4n) is 4.19. The van der Waals surface area contributed by atoms with E-state index in [9.17, 15) is 8.42 Å². The van der Waals surface area contributed by atoms with Gasteiger partial charge >= 0.3 is 0 Å². The maximum Gasteiger partial charge on any atom is 0.240 e. The highest BCUT2D eigenvalue weighted by Gasteiger charge is 2.40. The lowest BCUT2D eigenvalue weighted by molar-refractivity contribution is -0.00623. The first kappa shape index (κ1) is 19.7. The highest BCUT2D eigenvalue weighted by Crippen LogP contribution is 2.36. The van der Waals surface area contributed by atoms with Crippen molar-refractivity contribution in [2.75, 3.05) is 39.8 Å². The average Bonchev–Trinajstić information content (AvgIpc) is 2.61. The number of nitrogens with one attached hydrogen (secondary N) is 1. The maximum absolute atomic E-state index is 12.5. The van der Waals surface area contributed by atoms with Crippen molar-refractivity contribution in [1.29, 1.82) is 0 Å². The molecule has 0 aliphatic carbocycles. The predicted molar refractivity (Wildman–Crippen MR) is 105 cm³/mol. The number of nitrogens with zero attached hydrogens (tertiary/aromatic N) is 2. The normalized spacial score (nSPS) is 28.2. The summed E-state index contributed by atoms with van der Waals surface area (Å²) in [6, 6.07) is 6.54. The monoisotopic (exact) mass is 395 g/mol. The number of terminal acetylenes is 1. The van der Waals surface area contributed by atoms with Crippen LogP contribution in [0.1, 0.15) is 12.8 Å². The van der Waals surface area contributed by atoms with Crippen LogP contribution in [-0.4, -0.2) is 64.0 Å². The lowest BCUT2D eigenvalue weighted by Gasteiger charge is -2.50. The Bertz CT molecular complexity index is 760. The summed E-state index contributed by atoms with van der Waals surface area (Å²) >= 11 is 5.84. The SMILES string of the molecule is C#CCN(C)CC1CN2CCC1CC2CNS(=O)(=O)c1ccc(Cl)cc1. The predicted octanol–water partition coefficient (Wildman–Crippen LogP) is 1.89. The van der Waals surface area contributed by atoms with Gasteiger partial charge in [-0.05, 0) is 62.5 Å². The summed E-state index contributed by atoms with van der Waals surface area (Å²) in [7, 11) is -1.43. The molecule has 5 nitrogen and oxygen atoms in total. The van der Waals surface area contributed by atoms with E-state index in [0.717, 1.165) is 26.1 Å². The minimum Gasteiger partial charge on any atom is -0.299 e. The molecule has 0 aromatic heterocycles. The Kier molecular flexibility index (Phi) is 6.26. The van der Waals surface area contributed by atoms with Crippen LogP contribution in [-0.2, 0) is 10.0 Å². The lowest BCUT2D eigenvalue weighted by Crippen LogP contribution is -2.58. The zero-order valence-electron chi connectivity index (χ0n) is 15.1. The van der Waals surface area contributed by atoms with Gasteiger partial charge in [-0.25, -0.2) is 13.1 Å². The van der Waals surface area contributed by atoms with E-state index < -0.39 is 10.0 Å². The van der Waals surface area contributed by atoms with E-state index in [0.29, 0.717) is 29.9 Å². The van der Waals surface area contributed by atoms with Crippen LogP contribution in [0.2, 0.25) is 5.02 Å². The van der Waals surface area contributed by atoms with E-state index in [1.165, 1.54) is 18.6 Å². The third-order valence-corrected chi connectivity index (χ3v) is 7.25. The van der Waals surface area contributed by atoms with Crippen molar-refractivity contribution in [3.05, 3.63) is 29.3 Å². The number of piperidine rings is 3. The summed E-state index contributed by atoms with van der Waals surface area (Å²) in [5.41, 5.74) is 0. The summed E-state index contributed by atoms with van der Waals surface area (Å²) < 4.78 is 27.7. The minimum atomic E-state index is -3.50. The van der Waals surface area contributed by atoms with Gasteiger partial charge in [-0.15, -0.1) is 6.42 Å². The van der Waals surface area contributed by atoms with Crippen LogP contribution in [0.5, 0.6) is 0 Å². The Hall–Kier alpha value is -1.10. The van der Waals surface area contributed by atoms with E-state index in [1.807, 2.05) is 0 Å². The summed E-state index contributed by atoms with van der Waals surface area (Å²) in [5.74, 6) is 3.95. The standard InChI is InChI=1S/C19H26ClN3O2S/c1-3-9-22(2)13-16-14-23-10-8-15(16)11-18(23)12-21-26(24,25)19-6-4-17(20)5-7-19/h1,4-7,15-16,18,21H,8-14H2,2H3. The molecule has 1 aromatic carbocycles. The smallest absolute Gasteiger partial charge is 0.240 e. The molecule has 26 heavy (non-hydrogen) atoms. The maximum atomic E-state index is 12.5. The average molecular weight is 396 g/mol. The van der Waals surface area contributed by atoms with Gasteiger partial charge in [0, 0.05) is 30.7 Å². The van der Waals surface area contributed by atoms with Gasteiger partial charge in [0.1, 0.15) is 0 Å². The van der Waals surface area contributed by atoms with Crippen molar-refractivity contribution >= 4 is 21.6 Å². The number of hydrogen-bond acceptors (Lipinski definition) is 4. The number of sulfonamides is 1. The number of benzene rings is 1. The number of halogens is 1. The quantitative estimate of drug-likeness (QED) is 0.716. The zero-order valence-corrected chi connectivity index (χ0v) is 16.6. The van der Waals surface area contributed by atoms with Crippen LogP contribution < -0.4 is 4.72 Å². The molecule has 0 saturated carbocycles. The molecule has 3 aliphatic heterocycles. The fraction of sp³-hybridized carbons (Fsp3) is 0.579. The molecule has 4 unspecified atom stereocenters. The van der Waals surface area contributed by atoms with Crippen molar-refractivity contribution in [2.45, 2.75) is 23.8 Å². The summed E-state index contributed by atoms with van der Waals surface area (Å²) in [5, 5.41) is 0.528. The molecular formula is C19H26ClN3O2S. The molecule has 0 radical (unpaired) electrons. The van der Waals surface area contributed by atoms with Crippen molar-refractivity contribution < 1.29 is 8.42 Å². The van der Waals surface area contributed by atoms with Crippen LogP contribution in [0, 0.1) is 24.2 Å². The molecule has 3 saturated heterocycles. The fourth-order valence-corrected chi connectivity index (χ4v) is 5.39. The summed E-state index contributed by atoms with van der Waals surface area (Å²) in [6.07, 6.45) is 7.62. The molecule has 1 N–H and O–H groups in total. The molecule has 2 bridgehead atoms. The zero-order chi connectivity index (χ0) is 18.7. The molecule has 0 spiro atoms. The van der Waals surface area contributed by atoms with Crippen LogP contribution in [0.25, 0.3) is 0 Å². The van der Waals surface area contributed by atoms with Crippen molar-refractivity contribution in [2.24, 2.45) is 11.8 Å². The molecule has 7 heteroatoms. The molecule has 3 fully saturated rings. The largest absolute Gasteiger partial charge is 0.299 e. The lowest BCUT2D eigenvalue weighted by atomic mass is 9.75. The van der Waals surface area contributed by atoms with Crippen molar-refractivity contribution in [3.8, 4) is 12.3 Å². The van der Waals surface area contributed by atoms with Crippen LogP contribution in [0.15, 0.2) is 29.2 Å². The second-order valence-electron chi connectivity index (χ2n) is 7.40. The highest BCUT2D eigenvalue weighted by molar-refractivity contribution is 7.89. The van der Waals surface area contributed by atoms with Gasteiger partial charge < -0.3 is 0 Å². The van der Waals surface area contributed by atoms with Gasteiger partial charge in [-0.1, -0.05) is 17.5 Å². The van der Waals surface area contributed by atoms with E-state index in [1.54, 1.807) is 12.1 Å². The second kappa shape index (κ2) is 8.28. The first-order valence-electron chi connectivity index (χ1n) is 9.00. The van der Waals surface area contributed by atoms with Gasteiger partial charge in [-0.3, -0.25) is 9.80 Å². The third kappa shape index (κ3) is 4.59. The molecule has 142 valence electrons. The van der Waals surface area contributed by atoms with Crippen molar-refractivity contribution in [1.82, 2.24) is 14.5 Å².